The molecule has 0 bridgehead atoms. The molecule has 0 aliphatic carbocycles. The molecule has 1 aromatic carbocycles. The van der Waals surface area contributed by atoms with E-state index in [1.54, 1.807) is 13.8 Å². The second kappa shape index (κ2) is 6.61. The van der Waals surface area contributed by atoms with Crippen LogP contribution in [0, 0.1) is 5.41 Å². The zero-order valence-corrected chi connectivity index (χ0v) is 13.2. The van der Waals surface area contributed by atoms with Crippen LogP contribution in [0.25, 0.3) is 0 Å². The molecule has 0 atom stereocenters. The van der Waals surface area contributed by atoms with Gasteiger partial charge in [-0.1, -0.05) is 35.5 Å². The van der Waals surface area contributed by atoms with Crippen LogP contribution < -0.4 is 11.1 Å². The van der Waals surface area contributed by atoms with Crippen molar-refractivity contribution in [2.45, 2.75) is 46.1 Å². The van der Waals surface area contributed by atoms with E-state index in [1.807, 2.05) is 32.0 Å². The summed E-state index contributed by atoms with van der Waals surface area (Å²) >= 11 is 0. The number of nitrogens with two attached hydrogens (primary N) is 1. The molecule has 0 aromatic heterocycles. The summed E-state index contributed by atoms with van der Waals surface area (Å²) in [5.74, 6) is -0.352. The molecule has 0 saturated carbocycles. The first-order valence-electron chi connectivity index (χ1n) is 7.03. The minimum absolute atomic E-state index is 0.0983. The van der Waals surface area contributed by atoms with Crippen molar-refractivity contribution in [3.05, 3.63) is 35.9 Å². The predicted octanol–water partition coefficient (Wildman–Crippen LogP) is 2.29. The van der Waals surface area contributed by atoms with Gasteiger partial charge in [0.25, 0.3) is 0 Å². The zero-order chi connectivity index (χ0) is 16.1. The molecule has 116 valence electrons. The van der Waals surface area contributed by atoms with E-state index in [9.17, 15) is 4.79 Å². The third-order valence-corrected chi connectivity index (χ3v) is 3.65. The number of benzene rings is 1. The lowest BCUT2D eigenvalue weighted by atomic mass is 9.88. The van der Waals surface area contributed by atoms with Gasteiger partial charge in [-0.25, -0.2) is 0 Å². The lowest BCUT2D eigenvalue weighted by Crippen LogP contribution is -2.53. The van der Waals surface area contributed by atoms with Gasteiger partial charge in [0, 0.05) is 5.54 Å². The number of aryl methyl sites for hydroxylation is 1. The summed E-state index contributed by atoms with van der Waals surface area (Å²) in [6.07, 6.45) is 1.67. The van der Waals surface area contributed by atoms with Crippen molar-refractivity contribution in [2.75, 3.05) is 0 Å². The number of oxime groups is 1. The van der Waals surface area contributed by atoms with Crippen molar-refractivity contribution in [3.63, 3.8) is 0 Å². The Balaban J connectivity index is 2.65. The van der Waals surface area contributed by atoms with Crippen LogP contribution in [0.2, 0.25) is 0 Å². The number of amides is 1. The predicted molar refractivity (Wildman–Crippen MR) is 84.2 cm³/mol. The van der Waals surface area contributed by atoms with Crippen LogP contribution in [-0.2, 0) is 11.2 Å². The number of nitrogens with one attached hydrogen (secondary N) is 1. The van der Waals surface area contributed by atoms with Crippen molar-refractivity contribution in [2.24, 2.45) is 16.3 Å². The first kappa shape index (κ1) is 17.0. The Kier molecular flexibility index (Phi) is 5.35. The Morgan fingerprint density at radius 1 is 1.24 bits per heavy atom. The Hall–Kier alpha value is -2.04. The number of nitrogens with zero attached hydrogens (tertiary/aromatic N) is 1. The summed E-state index contributed by atoms with van der Waals surface area (Å²) in [4.78, 5) is 12.3. The molecule has 0 aliphatic rings. The van der Waals surface area contributed by atoms with Crippen molar-refractivity contribution >= 4 is 11.7 Å². The van der Waals surface area contributed by atoms with E-state index in [1.165, 1.54) is 5.56 Å². The van der Waals surface area contributed by atoms with E-state index in [-0.39, 0.29) is 17.3 Å². The third-order valence-electron chi connectivity index (χ3n) is 3.65. The summed E-state index contributed by atoms with van der Waals surface area (Å²) in [5, 5.41) is 14.7. The Morgan fingerprint density at radius 2 is 1.81 bits per heavy atom. The number of rotatable bonds is 6. The first-order chi connectivity index (χ1) is 9.69. The highest BCUT2D eigenvalue weighted by atomic mass is 16.4. The van der Waals surface area contributed by atoms with Crippen LogP contribution in [-0.4, -0.2) is 22.5 Å². The molecule has 1 aromatic rings. The molecule has 0 radical (unpaired) electrons. The molecule has 1 rings (SSSR count). The molecule has 0 unspecified atom stereocenters. The molecule has 5 nitrogen and oxygen atoms in total. The number of carbonyl (C=O) groups is 1. The summed E-state index contributed by atoms with van der Waals surface area (Å²) in [7, 11) is 0. The molecule has 0 saturated heterocycles. The highest BCUT2D eigenvalue weighted by Crippen LogP contribution is 2.20. The number of carbonyl (C=O) groups excluding carboxylic acids is 1. The fourth-order valence-electron chi connectivity index (χ4n) is 1.87. The van der Waals surface area contributed by atoms with Gasteiger partial charge in [-0.3, -0.25) is 4.79 Å². The fourth-order valence-corrected chi connectivity index (χ4v) is 1.87. The summed E-state index contributed by atoms with van der Waals surface area (Å²) in [6.45, 7) is 7.20. The average molecular weight is 291 g/mol. The second-order valence-corrected chi connectivity index (χ2v) is 6.43. The van der Waals surface area contributed by atoms with Gasteiger partial charge in [-0.15, -0.1) is 0 Å². The van der Waals surface area contributed by atoms with Crippen LogP contribution >= 0.6 is 0 Å². The molecular formula is C16H25N3O2. The van der Waals surface area contributed by atoms with Crippen LogP contribution in [0.1, 0.15) is 39.7 Å². The molecule has 0 heterocycles. The van der Waals surface area contributed by atoms with Gasteiger partial charge in [0.1, 0.15) is 5.41 Å². The van der Waals surface area contributed by atoms with Gasteiger partial charge >= 0.3 is 0 Å². The van der Waals surface area contributed by atoms with Gasteiger partial charge in [0.05, 0.1) is 0 Å². The summed E-state index contributed by atoms with van der Waals surface area (Å²) in [5.41, 5.74) is 5.39. The summed E-state index contributed by atoms with van der Waals surface area (Å²) < 4.78 is 0. The van der Waals surface area contributed by atoms with Crippen LogP contribution in [0.15, 0.2) is 35.5 Å². The number of hydrogen-bond donors (Lipinski definition) is 3. The number of hydrogen-bond acceptors (Lipinski definition) is 3. The first-order valence-corrected chi connectivity index (χ1v) is 7.03. The van der Waals surface area contributed by atoms with Gasteiger partial charge < -0.3 is 16.3 Å². The molecule has 1 amide bonds. The van der Waals surface area contributed by atoms with Crippen LogP contribution in [0.5, 0.6) is 0 Å². The van der Waals surface area contributed by atoms with E-state index in [2.05, 4.69) is 22.6 Å². The van der Waals surface area contributed by atoms with Gasteiger partial charge in [0.15, 0.2) is 5.84 Å². The Labute approximate surface area is 126 Å². The van der Waals surface area contributed by atoms with E-state index < -0.39 is 5.41 Å². The van der Waals surface area contributed by atoms with Crippen molar-refractivity contribution in [3.8, 4) is 0 Å². The molecule has 0 aliphatic heterocycles. The molecule has 0 fully saturated rings. The zero-order valence-electron chi connectivity index (χ0n) is 13.2. The standard InChI is InChI=1S/C16H25N3O2/c1-15(2,11-10-12-8-6-5-7-9-12)18-14(20)16(3,4)13(17)19-21/h5-9,21H,10-11H2,1-4H3,(H2,17,19)(H,18,20). The second-order valence-electron chi connectivity index (χ2n) is 6.43. The molecule has 5 heteroatoms. The van der Waals surface area contributed by atoms with Crippen molar-refractivity contribution < 1.29 is 10.0 Å². The van der Waals surface area contributed by atoms with Crippen LogP contribution in [0.4, 0.5) is 0 Å². The van der Waals surface area contributed by atoms with E-state index in [0.717, 1.165) is 12.8 Å². The van der Waals surface area contributed by atoms with Crippen molar-refractivity contribution in [1.29, 1.82) is 0 Å². The maximum Gasteiger partial charge on any atom is 0.233 e. The van der Waals surface area contributed by atoms with E-state index >= 15 is 0 Å². The Bertz CT molecular complexity index is 508. The van der Waals surface area contributed by atoms with Gasteiger partial charge in [0.2, 0.25) is 5.91 Å². The quantitative estimate of drug-likeness (QED) is 0.325. The lowest BCUT2D eigenvalue weighted by molar-refractivity contribution is -0.128. The summed E-state index contributed by atoms with van der Waals surface area (Å²) in [6, 6.07) is 10.1. The average Bonchev–Trinajstić information content (AvgIpc) is 2.45. The number of amidine groups is 1. The highest BCUT2D eigenvalue weighted by Gasteiger charge is 2.35. The monoisotopic (exact) mass is 291 g/mol. The maximum absolute atomic E-state index is 12.3. The van der Waals surface area contributed by atoms with E-state index in [0.29, 0.717) is 0 Å². The smallest absolute Gasteiger partial charge is 0.233 e. The minimum atomic E-state index is -1.04. The van der Waals surface area contributed by atoms with Crippen molar-refractivity contribution in [1.82, 2.24) is 5.32 Å². The normalized spacial score (nSPS) is 13.0. The van der Waals surface area contributed by atoms with Gasteiger partial charge in [-0.05, 0) is 46.1 Å². The van der Waals surface area contributed by atoms with Gasteiger partial charge in [-0.2, -0.15) is 0 Å². The molecule has 0 spiro atoms. The Morgan fingerprint density at radius 3 is 2.33 bits per heavy atom. The molecule has 21 heavy (non-hydrogen) atoms. The largest absolute Gasteiger partial charge is 0.409 e. The fraction of sp³-hybridized carbons (Fsp3) is 0.500. The van der Waals surface area contributed by atoms with Crippen LogP contribution in [0.3, 0.4) is 0 Å². The highest BCUT2D eigenvalue weighted by molar-refractivity contribution is 6.06. The maximum atomic E-state index is 12.3. The molecular weight excluding hydrogens is 266 g/mol. The molecule has 4 N–H and O–H groups in total. The van der Waals surface area contributed by atoms with E-state index in [4.69, 9.17) is 10.9 Å². The SMILES string of the molecule is CC(C)(CCc1ccccc1)NC(=O)C(C)(C)/C(N)=N/O. The third kappa shape index (κ3) is 4.77. The minimum Gasteiger partial charge on any atom is -0.409 e. The topological polar surface area (TPSA) is 87.7 Å². The lowest BCUT2D eigenvalue weighted by Gasteiger charge is -2.31.